The summed E-state index contributed by atoms with van der Waals surface area (Å²) >= 11 is 3.35. The van der Waals surface area contributed by atoms with Crippen LogP contribution in [0, 0.1) is 0 Å². The second kappa shape index (κ2) is 9.94. The number of rotatable bonds is 3. The van der Waals surface area contributed by atoms with Crippen molar-refractivity contribution in [2.24, 2.45) is 0 Å². The molecular weight excluding hydrogens is 150 g/mol. The van der Waals surface area contributed by atoms with Crippen LogP contribution in [0.1, 0.15) is 26.2 Å². The molecule has 0 bridgehead atoms. The van der Waals surface area contributed by atoms with Gasteiger partial charge in [0.2, 0.25) is 0 Å². The van der Waals surface area contributed by atoms with Gasteiger partial charge < -0.3 is 12.4 Å². The second-order valence-electron chi connectivity index (χ2n) is 1.40. The first kappa shape index (κ1) is 10.7. The molecule has 0 spiro atoms. The molecule has 0 atom stereocenters. The fourth-order valence-corrected chi connectivity index (χ4v) is 0.640. The Balaban J connectivity index is 0. The largest absolute Gasteiger partial charge is 1.00 e. The minimum Gasteiger partial charge on any atom is -1.00 e. The van der Waals surface area contributed by atoms with Crippen molar-refractivity contribution in [3.63, 3.8) is 0 Å². The fraction of sp³-hybridized carbons (Fsp3) is 1.00. The summed E-state index contributed by atoms with van der Waals surface area (Å²) in [6.07, 6.45) is 4.02. The van der Waals surface area contributed by atoms with Gasteiger partial charge in [0.15, 0.2) is 0 Å². The van der Waals surface area contributed by atoms with Gasteiger partial charge in [0.25, 0.3) is 0 Å². The molecule has 0 aromatic heterocycles. The van der Waals surface area contributed by atoms with Crippen LogP contribution in [0.25, 0.3) is 0 Å². The molecule has 0 rings (SSSR count). The van der Waals surface area contributed by atoms with E-state index in [1.165, 1.54) is 24.6 Å². The standard InChI is InChI=1S/C5H11.ClH.Mn/c1-3-5-4-2;;/h1,3-5H2,2H3;1H;/q;;+1/p-1. The molecule has 0 saturated heterocycles. The van der Waals surface area contributed by atoms with Crippen molar-refractivity contribution >= 4 is 0 Å². The van der Waals surface area contributed by atoms with Crippen LogP contribution >= 0.6 is 0 Å². The van der Waals surface area contributed by atoms with Crippen LogP contribution in [0.3, 0.4) is 0 Å². The van der Waals surface area contributed by atoms with Crippen LogP contribution in [0.15, 0.2) is 0 Å². The molecule has 2 heteroatoms. The molecule has 0 aliphatic heterocycles. The summed E-state index contributed by atoms with van der Waals surface area (Å²) in [7, 11) is 0. The molecule has 45 valence electrons. The Morgan fingerprint density at radius 2 is 1.86 bits per heavy atom. The smallest absolute Gasteiger partial charge is 1.00 e. The van der Waals surface area contributed by atoms with Gasteiger partial charge in [0.1, 0.15) is 0 Å². The van der Waals surface area contributed by atoms with E-state index in [2.05, 4.69) is 22.9 Å². The van der Waals surface area contributed by atoms with E-state index in [0.29, 0.717) is 0 Å². The number of unbranched alkanes of at least 4 members (excludes halogenated alkanes) is 2. The van der Waals surface area contributed by atoms with E-state index in [0.717, 1.165) is 0 Å². The van der Waals surface area contributed by atoms with Crippen molar-refractivity contribution in [2.75, 3.05) is 0 Å². The first-order valence-electron chi connectivity index (χ1n) is 2.47. The minimum absolute atomic E-state index is 0. The van der Waals surface area contributed by atoms with E-state index in [1.54, 1.807) is 0 Å². The summed E-state index contributed by atoms with van der Waals surface area (Å²) < 4.78 is 0. The average molecular weight is 162 g/mol. The molecular formula is C5H11ClMn. The maximum atomic E-state index is 3.35. The van der Waals surface area contributed by atoms with Crippen molar-refractivity contribution in [1.29, 1.82) is 0 Å². The van der Waals surface area contributed by atoms with E-state index >= 15 is 0 Å². The second-order valence-corrected chi connectivity index (χ2v) is 1.99. The van der Waals surface area contributed by atoms with E-state index in [1.807, 2.05) is 0 Å². The molecule has 0 aliphatic carbocycles. The molecule has 0 fully saturated rings. The normalized spacial score (nSPS) is 7.57. The van der Waals surface area contributed by atoms with Gasteiger partial charge in [0, 0.05) is 0 Å². The molecule has 0 unspecified atom stereocenters. The Morgan fingerprint density at radius 1 is 1.29 bits per heavy atom. The number of hydrogen-bond acceptors (Lipinski definition) is 0. The molecule has 0 N–H and O–H groups in total. The van der Waals surface area contributed by atoms with E-state index in [9.17, 15) is 0 Å². The fourth-order valence-electron chi connectivity index (χ4n) is 0.344. The molecule has 0 aliphatic rings. The summed E-state index contributed by atoms with van der Waals surface area (Å²) in [6.45, 7) is 2.21. The Morgan fingerprint density at radius 3 is 2.00 bits per heavy atom. The number of halogens is 1. The van der Waals surface area contributed by atoms with Gasteiger partial charge in [-0.2, -0.15) is 0 Å². The van der Waals surface area contributed by atoms with Crippen LogP contribution in [-0.4, -0.2) is 0 Å². The van der Waals surface area contributed by atoms with Gasteiger partial charge in [0.05, 0.1) is 0 Å². The third-order valence-electron chi connectivity index (χ3n) is 0.737. The van der Waals surface area contributed by atoms with Crippen molar-refractivity contribution in [1.82, 2.24) is 0 Å². The predicted molar refractivity (Wildman–Crippen MR) is 24.3 cm³/mol. The van der Waals surface area contributed by atoms with Crippen molar-refractivity contribution in [3.8, 4) is 0 Å². The summed E-state index contributed by atoms with van der Waals surface area (Å²) in [5.74, 6) is 0. The van der Waals surface area contributed by atoms with E-state index in [4.69, 9.17) is 0 Å². The van der Waals surface area contributed by atoms with Gasteiger partial charge >= 0.3 is 47.5 Å². The third-order valence-corrected chi connectivity index (χ3v) is 1.15. The van der Waals surface area contributed by atoms with Crippen molar-refractivity contribution in [3.05, 3.63) is 0 Å². The molecule has 0 nitrogen and oxygen atoms in total. The summed E-state index contributed by atoms with van der Waals surface area (Å²) in [5, 5.41) is 1.17. The Labute approximate surface area is 60.3 Å². The molecule has 0 saturated carbocycles. The van der Waals surface area contributed by atoms with Crippen molar-refractivity contribution < 1.29 is 28.4 Å². The molecule has 0 amide bonds. The van der Waals surface area contributed by atoms with Crippen LogP contribution in [0.4, 0.5) is 0 Å². The zero-order valence-corrected chi connectivity index (χ0v) is 6.52. The summed E-state index contributed by atoms with van der Waals surface area (Å²) in [5.41, 5.74) is 0. The molecule has 0 aromatic carbocycles. The zero-order chi connectivity index (χ0) is 4.83. The molecule has 0 heterocycles. The monoisotopic (exact) mass is 161 g/mol. The quantitative estimate of drug-likeness (QED) is 0.374. The van der Waals surface area contributed by atoms with E-state index in [-0.39, 0.29) is 12.4 Å². The van der Waals surface area contributed by atoms with Crippen LogP contribution in [-0.2, 0) is 16.0 Å². The van der Waals surface area contributed by atoms with Gasteiger partial charge in [-0.3, -0.25) is 0 Å². The maximum Gasteiger partial charge on any atom is -1.00 e. The SMILES string of the molecule is CCCC[CH2][Mn+].[Cl-]. The van der Waals surface area contributed by atoms with Crippen LogP contribution in [0.2, 0.25) is 5.32 Å². The molecule has 0 aromatic rings. The average Bonchev–Trinajstić information content (AvgIpc) is 1.61. The minimum atomic E-state index is 0. The first-order chi connectivity index (χ1) is 2.91. The van der Waals surface area contributed by atoms with E-state index < -0.39 is 0 Å². The summed E-state index contributed by atoms with van der Waals surface area (Å²) in [6, 6.07) is 0. The van der Waals surface area contributed by atoms with Crippen LogP contribution < -0.4 is 12.4 Å². The Bertz CT molecular complexity index is 20.0. The predicted octanol–water partition coefficient (Wildman–Crippen LogP) is -0.854. The molecule has 0 radical (unpaired) electrons. The summed E-state index contributed by atoms with van der Waals surface area (Å²) in [4.78, 5) is 0. The van der Waals surface area contributed by atoms with Gasteiger partial charge in [-0.15, -0.1) is 0 Å². The molecule has 7 heavy (non-hydrogen) atoms. The number of hydrogen-bond donors (Lipinski definition) is 0. The van der Waals surface area contributed by atoms with Crippen LogP contribution in [0.5, 0.6) is 0 Å². The van der Waals surface area contributed by atoms with Crippen molar-refractivity contribution in [2.45, 2.75) is 31.5 Å². The van der Waals surface area contributed by atoms with Gasteiger partial charge in [-0.1, -0.05) is 0 Å². The zero-order valence-electron chi connectivity index (χ0n) is 4.58. The van der Waals surface area contributed by atoms with Gasteiger partial charge in [-0.25, -0.2) is 0 Å². The Hall–Kier alpha value is 0.809. The maximum absolute atomic E-state index is 3.35. The van der Waals surface area contributed by atoms with Gasteiger partial charge in [-0.05, 0) is 0 Å². The first-order valence-corrected chi connectivity index (χ1v) is 3.31. The topological polar surface area (TPSA) is 0 Å². The third kappa shape index (κ3) is 10.9. The Kier molecular flexibility index (Phi) is 15.2.